The van der Waals surface area contributed by atoms with E-state index in [0.29, 0.717) is 23.6 Å². The van der Waals surface area contributed by atoms with Crippen molar-refractivity contribution in [2.45, 2.75) is 51.1 Å². The first-order chi connectivity index (χ1) is 11.4. The van der Waals surface area contributed by atoms with Crippen LogP contribution in [0.25, 0.3) is 0 Å². The largest absolute Gasteiger partial charge is 0.368 e. The minimum atomic E-state index is -0.528. The number of nitrogens with zero attached hydrogens (tertiary/aromatic N) is 2. The molecule has 0 aromatic heterocycles. The standard InChI is InChI=1S/C17H21N3O4/c1-10(21)11-6-7-14(15(8-11)20(23)24)19-13-5-3-2-4-12(13)9-16(19)17(18)22/h6-8,12-13,16H,2-5,9H2,1H3,(H2,18,22)/t12-,13-,16-/m0/s1. The summed E-state index contributed by atoms with van der Waals surface area (Å²) < 4.78 is 0. The van der Waals surface area contributed by atoms with E-state index in [1.165, 1.54) is 13.0 Å². The number of amides is 1. The van der Waals surface area contributed by atoms with Crippen molar-refractivity contribution < 1.29 is 14.5 Å². The van der Waals surface area contributed by atoms with Gasteiger partial charge in [0, 0.05) is 17.7 Å². The monoisotopic (exact) mass is 331 g/mol. The Morgan fingerprint density at radius 1 is 1.29 bits per heavy atom. The van der Waals surface area contributed by atoms with E-state index in [1.807, 2.05) is 4.90 Å². The van der Waals surface area contributed by atoms with Crippen LogP contribution in [-0.2, 0) is 4.79 Å². The molecule has 1 aliphatic carbocycles. The van der Waals surface area contributed by atoms with Crippen molar-refractivity contribution >= 4 is 23.1 Å². The Kier molecular flexibility index (Phi) is 4.26. The average Bonchev–Trinajstić information content (AvgIpc) is 2.93. The number of carbonyl (C=O) groups excluding carboxylic acids is 2. The van der Waals surface area contributed by atoms with Crippen LogP contribution in [0.2, 0.25) is 0 Å². The quantitative estimate of drug-likeness (QED) is 0.518. The molecule has 7 nitrogen and oxygen atoms in total. The number of rotatable bonds is 4. The highest BCUT2D eigenvalue weighted by molar-refractivity contribution is 5.96. The van der Waals surface area contributed by atoms with Crippen molar-refractivity contribution in [3.63, 3.8) is 0 Å². The minimum absolute atomic E-state index is 0.0955. The number of benzene rings is 1. The molecule has 24 heavy (non-hydrogen) atoms. The molecule has 1 aliphatic heterocycles. The third kappa shape index (κ3) is 2.74. The molecule has 7 heteroatoms. The van der Waals surface area contributed by atoms with Gasteiger partial charge in [0.2, 0.25) is 5.91 Å². The molecule has 3 atom stereocenters. The van der Waals surface area contributed by atoms with Crippen LogP contribution in [0, 0.1) is 16.0 Å². The first kappa shape index (κ1) is 16.4. The molecule has 1 heterocycles. The Balaban J connectivity index is 2.09. The van der Waals surface area contributed by atoms with E-state index < -0.39 is 16.9 Å². The second-order valence-corrected chi connectivity index (χ2v) is 6.69. The number of hydrogen-bond donors (Lipinski definition) is 1. The Hall–Kier alpha value is -2.44. The number of primary amides is 1. The van der Waals surface area contributed by atoms with Crippen LogP contribution in [0.4, 0.5) is 11.4 Å². The van der Waals surface area contributed by atoms with Crippen molar-refractivity contribution in [2.24, 2.45) is 11.7 Å². The van der Waals surface area contributed by atoms with Gasteiger partial charge in [-0.2, -0.15) is 0 Å². The molecule has 2 fully saturated rings. The molecule has 1 aromatic rings. The van der Waals surface area contributed by atoms with Crippen molar-refractivity contribution in [1.29, 1.82) is 0 Å². The molecule has 128 valence electrons. The van der Waals surface area contributed by atoms with Gasteiger partial charge in [0.1, 0.15) is 11.7 Å². The van der Waals surface area contributed by atoms with Crippen LogP contribution in [0.3, 0.4) is 0 Å². The molecular weight excluding hydrogens is 310 g/mol. The molecule has 0 radical (unpaired) electrons. The first-order valence-corrected chi connectivity index (χ1v) is 8.27. The number of nitrogens with two attached hydrogens (primary N) is 1. The molecular formula is C17H21N3O4. The Morgan fingerprint density at radius 3 is 2.62 bits per heavy atom. The fraction of sp³-hybridized carbons (Fsp3) is 0.529. The highest BCUT2D eigenvalue weighted by Gasteiger charge is 2.46. The zero-order valence-electron chi connectivity index (χ0n) is 13.6. The van der Waals surface area contributed by atoms with Gasteiger partial charge in [-0.15, -0.1) is 0 Å². The molecule has 0 unspecified atom stereocenters. The number of ketones is 1. The summed E-state index contributed by atoms with van der Waals surface area (Å²) in [6.45, 7) is 1.37. The summed E-state index contributed by atoms with van der Waals surface area (Å²) in [6.07, 6.45) is 4.73. The topological polar surface area (TPSA) is 107 Å². The van der Waals surface area contributed by atoms with Crippen molar-refractivity contribution in [3.8, 4) is 0 Å². The van der Waals surface area contributed by atoms with E-state index in [4.69, 9.17) is 5.73 Å². The van der Waals surface area contributed by atoms with Gasteiger partial charge in [-0.1, -0.05) is 12.8 Å². The third-order valence-corrected chi connectivity index (χ3v) is 5.27. The highest BCUT2D eigenvalue weighted by atomic mass is 16.6. The van der Waals surface area contributed by atoms with Crippen molar-refractivity contribution in [1.82, 2.24) is 0 Å². The van der Waals surface area contributed by atoms with Gasteiger partial charge in [-0.3, -0.25) is 19.7 Å². The maximum absolute atomic E-state index is 11.9. The smallest absolute Gasteiger partial charge is 0.293 e. The predicted molar refractivity (Wildman–Crippen MR) is 88.9 cm³/mol. The number of nitro groups is 1. The second-order valence-electron chi connectivity index (χ2n) is 6.69. The minimum Gasteiger partial charge on any atom is -0.368 e. The van der Waals surface area contributed by atoms with Gasteiger partial charge >= 0.3 is 0 Å². The fourth-order valence-electron chi connectivity index (χ4n) is 4.17. The second kappa shape index (κ2) is 6.22. The van der Waals surface area contributed by atoms with Crippen molar-refractivity contribution in [2.75, 3.05) is 4.90 Å². The van der Waals surface area contributed by atoms with Crippen LogP contribution in [-0.4, -0.2) is 28.7 Å². The van der Waals surface area contributed by atoms with Crippen molar-refractivity contribution in [3.05, 3.63) is 33.9 Å². The number of carbonyl (C=O) groups is 2. The number of Topliss-reactive ketones (excluding diaryl/α,β-unsaturated/α-hetero) is 1. The van der Waals surface area contributed by atoms with Gasteiger partial charge in [-0.25, -0.2) is 0 Å². The highest BCUT2D eigenvalue weighted by Crippen LogP contribution is 2.45. The van der Waals surface area contributed by atoms with E-state index in [1.54, 1.807) is 12.1 Å². The number of hydrogen-bond acceptors (Lipinski definition) is 5. The van der Waals surface area contributed by atoms with E-state index in [0.717, 1.165) is 25.7 Å². The Bertz CT molecular complexity index is 703. The molecule has 1 aromatic carbocycles. The normalized spacial score (nSPS) is 26.0. The summed E-state index contributed by atoms with van der Waals surface area (Å²) in [5.41, 5.74) is 6.12. The lowest BCUT2D eigenvalue weighted by Crippen LogP contribution is -2.45. The number of anilines is 1. The molecule has 0 bridgehead atoms. The van der Waals surface area contributed by atoms with Crippen LogP contribution in [0.15, 0.2) is 18.2 Å². The van der Waals surface area contributed by atoms with E-state index >= 15 is 0 Å². The third-order valence-electron chi connectivity index (χ3n) is 5.27. The van der Waals surface area contributed by atoms with Gasteiger partial charge < -0.3 is 10.6 Å². The predicted octanol–water partition coefficient (Wildman–Crippen LogP) is 2.42. The number of fused-ring (bicyclic) bond motifs is 1. The van der Waals surface area contributed by atoms with E-state index in [9.17, 15) is 19.7 Å². The summed E-state index contributed by atoms with van der Waals surface area (Å²) in [5.74, 6) is -0.342. The summed E-state index contributed by atoms with van der Waals surface area (Å²) in [7, 11) is 0. The van der Waals surface area contributed by atoms with Crippen LogP contribution >= 0.6 is 0 Å². The molecule has 2 aliphatic rings. The maximum atomic E-state index is 11.9. The molecule has 0 spiro atoms. The molecule has 3 rings (SSSR count). The van der Waals surface area contributed by atoms with Crippen LogP contribution in [0.1, 0.15) is 49.4 Å². The van der Waals surface area contributed by atoms with E-state index in [2.05, 4.69) is 0 Å². The lowest BCUT2D eigenvalue weighted by molar-refractivity contribution is -0.384. The molecule has 1 amide bonds. The van der Waals surface area contributed by atoms with Crippen LogP contribution in [0.5, 0.6) is 0 Å². The van der Waals surface area contributed by atoms with Crippen LogP contribution < -0.4 is 10.6 Å². The number of nitro benzene ring substituents is 1. The summed E-state index contributed by atoms with van der Waals surface area (Å²) >= 11 is 0. The zero-order chi connectivity index (χ0) is 17.4. The van der Waals surface area contributed by atoms with Gasteiger partial charge in [0.15, 0.2) is 5.78 Å². The average molecular weight is 331 g/mol. The lowest BCUT2D eigenvalue weighted by atomic mass is 9.84. The van der Waals surface area contributed by atoms with Gasteiger partial charge in [-0.05, 0) is 44.2 Å². The summed E-state index contributed by atoms with van der Waals surface area (Å²) in [6, 6.07) is 4.03. The van der Waals surface area contributed by atoms with E-state index in [-0.39, 0.29) is 17.5 Å². The molecule has 2 N–H and O–H groups in total. The SMILES string of the molecule is CC(=O)c1ccc(N2[C@H](C(N)=O)C[C@@H]3CCCC[C@@H]32)c([N+](=O)[O-])c1. The molecule has 1 saturated carbocycles. The Labute approximate surface area is 140 Å². The van der Waals surface area contributed by atoms with Gasteiger partial charge in [0.25, 0.3) is 5.69 Å². The Morgan fingerprint density at radius 2 is 2.00 bits per heavy atom. The molecule has 1 saturated heterocycles. The lowest BCUT2D eigenvalue weighted by Gasteiger charge is -2.34. The summed E-state index contributed by atoms with van der Waals surface area (Å²) in [4.78, 5) is 36.4. The summed E-state index contributed by atoms with van der Waals surface area (Å²) in [5, 5.41) is 11.5. The van der Waals surface area contributed by atoms with Gasteiger partial charge in [0.05, 0.1) is 4.92 Å². The fourth-order valence-corrected chi connectivity index (χ4v) is 4.17. The first-order valence-electron chi connectivity index (χ1n) is 8.27. The zero-order valence-corrected chi connectivity index (χ0v) is 13.6. The maximum Gasteiger partial charge on any atom is 0.293 e.